The molecule has 8 heteroatoms. The highest BCUT2D eigenvalue weighted by Gasteiger charge is 2.14. The number of benzene rings is 1. The van der Waals surface area contributed by atoms with E-state index >= 15 is 0 Å². The topological polar surface area (TPSA) is 101 Å². The minimum atomic E-state index is -1.08. The summed E-state index contributed by atoms with van der Waals surface area (Å²) in [7, 11) is 0. The molecule has 0 saturated carbocycles. The van der Waals surface area contributed by atoms with E-state index in [-0.39, 0.29) is 23.4 Å². The standard InChI is InChI=1S/C23H23N3O4S/c1-15(2)30-20-12-18(22(27)25-19-9-8-17(14-24-19)23(28)29)13-21(26-20)31-11-10-16-6-4-3-5-7-16/h3-9,12-15H,10-11H2,1-2H3,(H,28,29)(H,24,25,27). The first-order valence-electron chi connectivity index (χ1n) is 9.77. The number of carbonyl (C=O) groups excluding carboxylic acids is 1. The van der Waals surface area contributed by atoms with Gasteiger partial charge in [-0.1, -0.05) is 30.3 Å². The third-order valence-corrected chi connectivity index (χ3v) is 5.05. The van der Waals surface area contributed by atoms with Crippen molar-refractivity contribution in [1.82, 2.24) is 9.97 Å². The van der Waals surface area contributed by atoms with Crippen LogP contribution in [0.15, 0.2) is 65.8 Å². The molecule has 0 aliphatic rings. The van der Waals surface area contributed by atoms with Crippen molar-refractivity contribution >= 4 is 29.5 Å². The number of carboxylic acids is 1. The van der Waals surface area contributed by atoms with Crippen molar-refractivity contribution < 1.29 is 19.4 Å². The molecule has 3 aromatic rings. The van der Waals surface area contributed by atoms with Gasteiger partial charge in [0.2, 0.25) is 5.88 Å². The zero-order chi connectivity index (χ0) is 22.2. The number of aryl methyl sites for hydroxylation is 1. The molecule has 0 aliphatic heterocycles. The van der Waals surface area contributed by atoms with Crippen LogP contribution in [0, 0.1) is 0 Å². The van der Waals surface area contributed by atoms with Crippen molar-refractivity contribution in [3.63, 3.8) is 0 Å². The summed E-state index contributed by atoms with van der Waals surface area (Å²) in [4.78, 5) is 32.2. The third-order valence-electron chi connectivity index (χ3n) is 4.13. The number of hydrogen-bond acceptors (Lipinski definition) is 6. The molecule has 3 rings (SSSR count). The van der Waals surface area contributed by atoms with Gasteiger partial charge in [0.05, 0.1) is 11.7 Å². The molecule has 0 radical (unpaired) electrons. The summed E-state index contributed by atoms with van der Waals surface area (Å²) in [6.07, 6.45) is 1.99. The Balaban J connectivity index is 1.73. The van der Waals surface area contributed by atoms with Gasteiger partial charge in [-0.15, -0.1) is 11.8 Å². The molecule has 1 amide bonds. The lowest BCUT2D eigenvalue weighted by atomic mass is 10.2. The number of anilines is 1. The fourth-order valence-corrected chi connectivity index (χ4v) is 3.60. The van der Waals surface area contributed by atoms with Crippen LogP contribution in [0.3, 0.4) is 0 Å². The van der Waals surface area contributed by atoms with Crippen LogP contribution in [-0.2, 0) is 6.42 Å². The molecule has 1 aromatic carbocycles. The number of hydrogen-bond donors (Lipinski definition) is 2. The number of aromatic nitrogens is 2. The number of carbonyl (C=O) groups is 2. The van der Waals surface area contributed by atoms with Crippen molar-refractivity contribution in [1.29, 1.82) is 0 Å². The normalized spacial score (nSPS) is 10.7. The van der Waals surface area contributed by atoms with E-state index < -0.39 is 5.97 Å². The Labute approximate surface area is 184 Å². The van der Waals surface area contributed by atoms with Gasteiger partial charge in [-0.3, -0.25) is 4.79 Å². The van der Waals surface area contributed by atoms with Gasteiger partial charge in [-0.25, -0.2) is 14.8 Å². The summed E-state index contributed by atoms with van der Waals surface area (Å²) >= 11 is 1.55. The van der Waals surface area contributed by atoms with E-state index in [9.17, 15) is 9.59 Å². The molecule has 0 saturated heterocycles. The van der Waals surface area contributed by atoms with Gasteiger partial charge in [-0.2, -0.15) is 0 Å². The second kappa shape index (κ2) is 10.6. The van der Waals surface area contributed by atoms with E-state index in [0.29, 0.717) is 16.5 Å². The van der Waals surface area contributed by atoms with E-state index in [1.807, 2.05) is 32.0 Å². The van der Waals surface area contributed by atoms with Crippen LogP contribution in [0.5, 0.6) is 5.88 Å². The number of amides is 1. The number of rotatable bonds is 9. The highest BCUT2D eigenvalue weighted by atomic mass is 32.2. The van der Waals surface area contributed by atoms with Crippen molar-refractivity contribution in [2.75, 3.05) is 11.1 Å². The van der Waals surface area contributed by atoms with Crippen LogP contribution in [0.1, 0.15) is 40.1 Å². The SMILES string of the molecule is CC(C)Oc1cc(C(=O)Nc2ccc(C(=O)O)cn2)cc(SCCc2ccccc2)n1. The van der Waals surface area contributed by atoms with E-state index in [4.69, 9.17) is 9.84 Å². The highest BCUT2D eigenvalue weighted by Crippen LogP contribution is 2.24. The zero-order valence-corrected chi connectivity index (χ0v) is 18.1. The molecule has 2 heterocycles. The minimum Gasteiger partial charge on any atom is -0.478 e. The summed E-state index contributed by atoms with van der Waals surface area (Å²) in [6, 6.07) is 16.3. The number of carboxylic acid groups (broad SMARTS) is 1. The Hall–Kier alpha value is -3.39. The molecule has 0 unspecified atom stereocenters. The molecule has 7 nitrogen and oxygen atoms in total. The Morgan fingerprint density at radius 3 is 2.52 bits per heavy atom. The summed E-state index contributed by atoms with van der Waals surface area (Å²) in [6.45, 7) is 3.79. The maximum absolute atomic E-state index is 12.8. The maximum Gasteiger partial charge on any atom is 0.337 e. The molecule has 0 atom stereocenters. The van der Waals surface area contributed by atoms with Crippen molar-refractivity contribution in [3.05, 3.63) is 77.5 Å². The van der Waals surface area contributed by atoms with E-state index in [0.717, 1.165) is 12.2 Å². The van der Waals surface area contributed by atoms with Crippen LogP contribution in [0.2, 0.25) is 0 Å². The number of pyridine rings is 2. The average Bonchev–Trinajstić information content (AvgIpc) is 2.74. The predicted molar refractivity (Wildman–Crippen MR) is 120 cm³/mol. The van der Waals surface area contributed by atoms with Crippen LogP contribution in [0.25, 0.3) is 0 Å². The first kappa shape index (κ1) is 22.3. The van der Waals surface area contributed by atoms with Gasteiger partial charge >= 0.3 is 5.97 Å². The second-order valence-corrected chi connectivity index (χ2v) is 8.09. The van der Waals surface area contributed by atoms with E-state index in [2.05, 4.69) is 27.4 Å². The zero-order valence-electron chi connectivity index (χ0n) is 17.2. The monoisotopic (exact) mass is 437 g/mol. The molecule has 160 valence electrons. The van der Waals surface area contributed by atoms with Gasteiger partial charge in [0.15, 0.2) is 0 Å². The number of ether oxygens (including phenoxy) is 1. The highest BCUT2D eigenvalue weighted by molar-refractivity contribution is 7.99. The summed E-state index contributed by atoms with van der Waals surface area (Å²) in [5.74, 6) is -0.0133. The van der Waals surface area contributed by atoms with Crippen molar-refractivity contribution in [2.45, 2.75) is 31.4 Å². The van der Waals surface area contributed by atoms with Gasteiger partial charge in [0.1, 0.15) is 10.8 Å². The lowest BCUT2D eigenvalue weighted by molar-refractivity contribution is 0.0696. The van der Waals surface area contributed by atoms with Crippen LogP contribution < -0.4 is 10.1 Å². The number of thioether (sulfide) groups is 1. The minimum absolute atomic E-state index is 0.0478. The van der Waals surface area contributed by atoms with E-state index in [1.54, 1.807) is 23.9 Å². The van der Waals surface area contributed by atoms with Crippen LogP contribution in [0.4, 0.5) is 5.82 Å². The fraction of sp³-hybridized carbons (Fsp3) is 0.217. The lowest BCUT2D eigenvalue weighted by Crippen LogP contribution is -2.15. The van der Waals surface area contributed by atoms with Crippen LogP contribution >= 0.6 is 11.8 Å². The van der Waals surface area contributed by atoms with Crippen LogP contribution in [-0.4, -0.2) is 38.8 Å². The quantitative estimate of drug-likeness (QED) is 0.474. The van der Waals surface area contributed by atoms with Gasteiger partial charge in [0, 0.05) is 23.6 Å². The Morgan fingerprint density at radius 2 is 1.87 bits per heavy atom. The van der Waals surface area contributed by atoms with Crippen molar-refractivity contribution in [3.8, 4) is 5.88 Å². The number of nitrogens with zero attached hydrogens (tertiary/aromatic N) is 2. The molecule has 31 heavy (non-hydrogen) atoms. The molecule has 0 aliphatic carbocycles. The van der Waals surface area contributed by atoms with Gasteiger partial charge < -0.3 is 15.2 Å². The van der Waals surface area contributed by atoms with Crippen molar-refractivity contribution in [2.24, 2.45) is 0 Å². The molecule has 0 fully saturated rings. The Bertz CT molecular complexity index is 1040. The van der Waals surface area contributed by atoms with Gasteiger partial charge in [0.25, 0.3) is 5.91 Å². The first-order chi connectivity index (χ1) is 14.9. The summed E-state index contributed by atoms with van der Waals surface area (Å²) < 4.78 is 5.72. The number of aromatic carboxylic acids is 1. The fourth-order valence-electron chi connectivity index (χ4n) is 2.69. The second-order valence-electron chi connectivity index (χ2n) is 6.97. The molecular formula is C23H23N3O4S. The Morgan fingerprint density at radius 1 is 1.10 bits per heavy atom. The largest absolute Gasteiger partial charge is 0.478 e. The molecule has 0 spiro atoms. The third kappa shape index (κ3) is 6.82. The Kier molecular flexibility index (Phi) is 7.61. The summed E-state index contributed by atoms with van der Waals surface area (Å²) in [5, 5.41) is 12.3. The smallest absolute Gasteiger partial charge is 0.337 e. The molecule has 2 aromatic heterocycles. The average molecular weight is 438 g/mol. The molecule has 0 bridgehead atoms. The first-order valence-corrected chi connectivity index (χ1v) is 10.8. The summed E-state index contributed by atoms with van der Waals surface area (Å²) in [5.41, 5.74) is 1.67. The molecule has 2 N–H and O–H groups in total. The maximum atomic E-state index is 12.8. The van der Waals surface area contributed by atoms with Gasteiger partial charge in [-0.05, 0) is 44.0 Å². The van der Waals surface area contributed by atoms with E-state index in [1.165, 1.54) is 23.9 Å². The lowest BCUT2D eigenvalue weighted by Gasteiger charge is -2.12. The predicted octanol–water partition coefficient (Wildman–Crippen LogP) is 4.55. The number of nitrogens with one attached hydrogen (secondary N) is 1. The molecular weight excluding hydrogens is 414 g/mol.